The monoisotopic (exact) mass is 410 g/mol. The molecule has 2 aliphatic rings. The lowest BCUT2D eigenvalue weighted by Gasteiger charge is -2.35. The molecule has 2 aromatic rings. The molecule has 2 aromatic carbocycles. The molecule has 0 bridgehead atoms. The number of rotatable bonds is 4. The number of ketones is 1. The van der Waals surface area contributed by atoms with Crippen molar-refractivity contribution in [3.63, 3.8) is 0 Å². The molecule has 0 heterocycles. The van der Waals surface area contributed by atoms with E-state index in [9.17, 15) is 15.0 Å². The van der Waals surface area contributed by atoms with E-state index in [0.717, 1.165) is 25.7 Å². The van der Waals surface area contributed by atoms with Crippen LogP contribution in [0, 0.1) is 11.8 Å². The number of phenols is 1. The molecule has 3 N–H and O–H groups in total. The van der Waals surface area contributed by atoms with Crippen LogP contribution in [0.2, 0.25) is 0 Å². The molecule has 1 atom stereocenters. The minimum atomic E-state index is -0.0974. The molecule has 0 radical (unpaired) electrons. The summed E-state index contributed by atoms with van der Waals surface area (Å²) >= 11 is 0. The summed E-state index contributed by atoms with van der Waals surface area (Å²) in [7, 11) is 0. The highest BCUT2D eigenvalue weighted by molar-refractivity contribution is 6.08. The molecular formula is C26H34O4. The highest BCUT2D eigenvalue weighted by atomic mass is 16.3. The summed E-state index contributed by atoms with van der Waals surface area (Å²) in [4.78, 5) is 11.9. The van der Waals surface area contributed by atoms with E-state index >= 15 is 0 Å². The van der Waals surface area contributed by atoms with Crippen molar-refractivity contribution in [2.24, 2.45) is 11.8 Å². The van der Waals surface area contributed by atoms with E-state index in [1.54, 1.807) is 24.3 Å². The fraction of sp³-hybridized carbons (Fsp3) is 0.500. The zero-order valence-electron chi connectivity index (χ0n) is 17.6. The van der Waals surface area contributed by atoms with Gasteiger partial charge in [0.15, 0.2) is 5.78 Å². The second-order valence-corrected chi connectivity index (χ2v) is 8.70. The van der Waals surface area contributed by atoms with E-state index in [1.807, 2.05) is 18.2 Å². The molecule has 4 nitrogen and oxygen atoms in total. The molecule has 162 valence electrons. The standard InChI is InChI=1S/C13H24O2.C13H10O2/c2*14-12-8-6-11(7-9-12)13(15)10-4-2-1-3-5-10/h10-15H,1-9H2;1-9,14H. The van der Waals surface area contributed by atoms with Crippen LogP contribution >= 0.6 is 0 Å². The van der Waals surface area contributed by atoms with Crippen LogP contribution < -0.4 is 0 Å². The third-order valence-corrected chi connectivity index (χ3v) is 6.52. The number of hydrogen-bond donors (Lipinski definition) is 3. The van der Waals surface area contributed by atoms with Crippen LogP contribution in [0.5, 0.6) is 5.75 Å². The maximum atomic E-state index is 11.9. The van der Waals surface area contributed by atoms with Gasteiger partial charge in [-0.1, -0.05) is 49.6 Å². The van der Waals surface area contributed by atoms with Crippen molar-refractivity contribution >= 4 is 5.78 Å². The van der Waals surface area contributed by atoms with Gasteiger partial charge in [-0.2, -0.15) is 0 Å². The second kappa shape index (κ2) is 11.3. The minimum absolute atomic E-state index is 0.0319. The van der Waals surface area contributed by atoms with Crippen molar-refractivity contribution in [3.8, 4) is 5.75 Å². The van der Waals surface area contributed by atoms with E-state index in [-0.39, 0.29) is 23.7 Å². The van der Waals surface area contributed by atoms with Gasteiger partial charge in [-0.25, -0.2) is 0 Å². The first-order chi connectivity index (χ1) is 14.5. The second-order valence-electron chi connectivity index (χ2n) is 8.70. The quantitative estimate of drug-likeness (QED) is 0.613. The molecule has 0 aliphatic heterocycles. The van der Waals surface area contributed by atoms with Crippen LogP contribution in [-0.4, -0.2) is 33.3 Å². The summed E-state index contributed by atoms with van der Waals surface area (Å²) in [5.74, 6) is 1.16. The van der Waals surface area contributed by atoms with Gasteiger partial charge in [-0.3, -0.25) is 4.79 Å². The molecule has 0 spiro atoms. The number of aliphatic hydroxyl groups excluding tert-OH is 2. The zero-order chi connectivity index (χ0) is 21.3. The van der Waals surface area contributed by atoms with Gasteiger partial charge in [-0.15, -0.1) is 0 Å². The summed E-state index contributed by atoms with van der Waals surface area (Å²) in [6.07, 6.45) is 10.1. The first-order valence-electron chi connectivity index (χ1n) is 11.3. The molecule has 30 heavy (non-hydrogen) atoms. The fourth-order valence-electron chi connectivity index (χ4n) is 4.67. The molecule has 1 unspecified atom stereocenters. The number of hydrogen-bond acceptors (Lipinski definition) is 4. The zero-order valence-corrected chi connectivity index (χ0v) is 17.6. The Bertz CT molecular complexity index is 757. The van der Waals surface area contributed by atoms with Crippen molar-refractivity contribution in [2.75, 3.05) is 0 Å². The Hall–Kier alpha value is -2.17. The van der Waals surface area contributed by atoms with Crippen molar-refractivity contribution < 1.29 is 20.1 Å². The third kappa shape index (κ3) is 6.41. The van der Waals surface area contributed by atoms with E-state index in [4.69, 9.17) is 5.11 Å². The van der Waals surface area contributed by atoms with Gasteiger partial charge >= 0.3 is 0 Å². The highest BCUT2D eigenvalue weighted by Gasteiger charge is 2.31. The molecule has 0 saturated heterocycles. The van der Waals surface area contributed by atoms with Crippen LogP contribution in [0.1, 0.15) is 73.7 Å². The first-order valence-corrected chi connectivity index (χ1v) is 11.3. The number of carbonyl (C=O) groups excluding carboxylic acids is 1. The fourth-order valence-corrected chi connectivity index (χ4v) is 4.67. The molecule has 4 heteroatoms. The summed E-state index contributed by atoms with van der Waals surface area (Å²) in [6.45, 7) is 0. The Balaban J connectivity index is 0.000000171. The van der Waals surface area contributed by atoms with Gasteiger partial charge in [0.1, 0.15) is 5.75 Å². The van der Waals surface area contributed by atoms with E-state index in [0.29, 0.717) is 23.0 Å². The Morgan fingerprint density at radius 1 is 0.733 bits per heavy atom. The predicted molar refractivity (Wildman–Crippen MR) is 119 cm³/mol. The van der Waals surface area contributed by atoms with Crippen molar-refractivity contribution in [3.05, 3.63) is 65.7 Å². The largest absolute Gasteiger partial charge is 0.508 e. The maximum absolute atomic E-state index is 11.9. The number of aromatic hydroxyl groups is 1. The number of phenolic OH excluding ortho intramolecular Hbond substituents is 1. The molecule has 2 aliphatic carbocycles. The van der Waals surface area contributed by atoms with Crippen LogP contribution in [0.4, 0.5) is 0 Å². The minimum Gasteiger partial charge on any atom is -0.508 e. The summed E-state index contributed by atoms with van der Waals surface area (Å²) in [5.41, 5.74) is 1.24. The average Bonchev–Trinajstić information content (AvgIpc) is 2.81. The maximum Gasteiger partial charge on any atom is 0.193 e. The van der Waals surface area contributed by atoms with Gasteiger partial charge in [0.25, 0.3) is 0 Å². The number of carbonyl (C=O) groups is 1. The molecule has 0 amide bonds. The van der Waals surface area contributed by atoms with Gasteiger partial charge in [-0.05, 0) is 74.6 Å². The van der Waals surface area contributed by atoms with Gasteiger partial charge < -0.3 is 15.3 Å². The van der Waals surface area contributed by atoms with Crippen molar-refractivity contribution in [1.29, 1.82) is 0 Å². The lowest BCUT2D eigenvalue weighted by molar-refractivity contribution is -0.00190. The molecule has 2 fully saturated rings. The third-order valence-electron chi connectivity index (χ3n) is 6.52. The average molecular weight is 411 g/mol. The van der Waals surface area contributed by atoms with Crippen molar-refractivity contribution in [1.82, 2.24) is 0 Å². The smallest absolute Gasteiger partial charge is 0.193 e. The first kappa shape index (κ1) is 22.5. The topological polar surface area (TPSA) is 77.8 Å². The van der Waals surface area contributed by atoms with E-state index < -0.39 is 0 Å². The Morgan fingerprint density at radius 3 is 1.87 bits per heavy atom. The predicted octanol–water partition coefficient (Wildman–Crippen LogP) is 5.10. The Kier molecular flexibility index (Phi) is 8.47. The van der Waals surface area contributed by atoms with Gasteiger partial charge in [0.2, 0.25) is 0 Å². The Labute approximate surface area is 179 Å². The van der Waals surface area contributed by atoms with Crippen LogP contribution in [-0.2, 0) is 0 Å². The SMILES string of the molecule is O=C(c1ccccc1)c1ccc(O)cc1.OC1CCC(C(O)C2CCCCC2)CC1. The Morgan fingerprint density at radius 2 is 1.27 bits per heavy atom. The van der Waals surface area contributed by atoms with E-state index in [1.165, 1.54) is 44.2 Å². The molecule has 2 saturated carbocycles. The highest BCUT2D eigenvalue weighted by Crippen LogP contribution is 2.35. The van der Waals surface area contributed by atoms with E-state index in [2.05, 4.69) is 0 Å². The van der Waals surface area contributed by atoms with Gasteiger partial charge in [0.05, 0.1) is 12.2 Å². The summed E-state index contributed by atoms with van der Waals surface area (Å²) in [5, 5.41) is 28.8. The lowest BCUT2D eigenvalue weighted by atomic mass is 9.75. The van der Waals surface area contributed by atoms with Crippen LogP contribution in [0.15, 0.2) is 54.6 Å². The normalized spacial score (nSPS) is 23.1. The van der Waals surface area contributed by atoms with Crippen LogP contribution in [0.3, 0.4) is 0 Å². The lowest BCUT2D eigenvalue weighted by Crippen LogP contribution is -2.34. The summed E-state index contributed by atoms with van der Waals surface area (Å²) < 4.78 is 0. The summed E-state index contributed by atoms with van der Waals surface area (Å²) in [6, 6.07) is 15.3. The number of benzene rings is 2. The van der Waals surface area contributed by atoms with Crippen molar-refractivity contribution in [2.45, 2.75) is 70.0 Å². The molecule has 0 aromatic heterocycles. The number of aliphatic hydroxyl groups is 2. The van der Waals surface area contributed by atoms with Crippen LogP contribution in [0.25, 0.3) is 0 Å². The molecule has 4 rings (SSSR count). The van der Waals surface area contributed by atoms with Gasteiger partial charge in [0, 0.05) is 11.1 Å². The molecular weight excluding hydrogens is 376 g/mol.